The number of nitrogens with one attached hydrogen (secondary N) is 2. The number of thioether (sulfide) groups is 1. The second-order valence-corrected chi connectivity index (χ2v) is 7.00. The standard InChI is InChI=1S/C21H20N4O3S/c1-28-21(27)16-7-9-17(10-8-16)23-19(26)14-29-20-12-11-18(24-25-20)22-13-15-5-3-2-4-6-15/h2-12H,13-14H2,1H3,(H,22,24)(H,23,26). The molecule has 1 aromatic heterocycles. The Bertz CT molecular complexity index is 948. The van der Waals surface area contributed by atoms with Crippen LogP contribution in [0.1, 0.15) is 15.9 Å². The Hall–Kier alpha value is -3.39. The van der Waals surface area contributed by atoms with Crippen LogP contribution in [0.2, 0.25) is 0 Å². The first kappa shape index (κ1) is 20.3. The highest BCUT2D eigenvalue weighted by Gasteiger charge is 2.08. The molecular formula is C21H20N4O3S. The van der Waals surface area contributed by atoms with Crippen molar-refractivity contribution in [3.8, 4) is 0 Å². The molecule has 1 heterocycles. The number of anilines is 2. The summed E-state index contributed by atoms with van der Waals surface area (Å²) in [5.74, 6) is 0.283. The minimum absolute atomic E-state index is 0.172. The quantitative estimate of drug-likeness (QED) is 0.434. The molecule has 2 aromatic carbocycles. The number of ether oxygens (including phenoxy) is 1. The van der Waals surface area contributed by atoms with Crippen LogP contribution < -0.4 is 10.6 Å². The van der Waals surface area contributed by atoms with Gasteiger partial charge in [0.2, 0.25) is 5.91 Å². The van der Waals surface area contributed by atoms with Crippen molar-refractivity contribution >= 4 is 35.1 Å². The van der Waals surface area contributed by atoms with Crippen LogP contribution in [0, 0.1) is 0 Å². The average Bonchev–Trinajstić information content (AvgIpc) is 2.77. The number of esters is 1. The third kappa shape index (κ3) is 6.32. The Morgan fingerprint density at radius 3 is 2.38 bits per heavy atom. The summed E-state index contributed by atoms with van der Waals surface area (Å²) in [7, 11) is 1.32. The smallest absolute Gasteiger partial charge is 0.337 e. The number of hydrogen-bond donors (Lipinski definition) is 2. The molecule has 0 spiro atoms. The maximum Gasteiger partial charge on any atom is 0.337 e. The van der Waals surface area contributed by atoms with Gasteiger partial charge in [0.15, 0.2) is 0 Å². The fourth-order valence-electron chi connectivity index (χ4n) is 2.42. The Kier molecular flexibility index (Phi) is 7.18. The average molecular weight is 408 g/mol. The van der Waals surface area contributed by atoms with Crippen LogP contribution in [0.5, 0.6) is 0 Å². The molecule has 0 aliphatic rings. The maximum absolute atomic E-state index is 12.1. The van der Waals surface area contributed by atoms with Crippen molar-refractivity contribution in [2.24, 2.45) is 0 Å². The van der Waals surface area contributed by atoms with Gasteiger partial charge in [0.05, 0.1) is 18.4 Å². The number of benzene rings is 2. The van der Waals surface area contributed by atoms with E-state index < -0.39 is 5.97 Å². The van der Waals surface area contributed by atoms with Crippen LogP contribution in [0.15, 0.2) is 71.8 Å². The van der Waals surface area contributed by atoms with Gasteiger partial charge >= 0.3 is 5.97 Å². The van der Waals surface area contributed by atoms with E-state index in [1.54, 1.807) is 24.3 Å². The molecule has 2 N–H and O–H groups in total. The Labute approximate surface area is 172 Å². The summed E-state index contributed by atoms with van der Waals surface area (Å²) in [6.45, 7) is 0.666. The molecule has 0 aliphatic heterocycles. The fraction of sp³-hybridized carbons (Fsp3) is 0.143. The van der Waals surface area contributed by atoms with E-state index in [0.717, 1.165) is 5.56 Å². The Morgan fingerprint density at radius 1 is 0.966 bits per heavy atom. The first-order valence-corrected chi connectivity index (χ1v) is 9.85. The summed E-state index contributed by atoms with van der Waals surface area (Å²) >= 11 is 1.30. The summed E-state index contributed by atoms with van der Waals surface area (Å²) in [5.41, 5.74) is 2.19. The zero-order valence-corrected chi connectivity index (χ0v) is 16.6. The zero-order valence-electron chi connectivity index (χ0n) is 15.8. The van der Waals surface area contributed by atoms with Gasteiger partial charge in [-0.1, -0.05) is 42.1 Å². The molecule has 0 unspecified atom stereocenters. The topological polar surface area (TPSA) is 93.2 Å². The third-order valence-electron chi connectivity index (χ3n) is 3.90. The number of methoxy groups -OCH3 is 1. The second kappa shape index (κ2) is 10.2. The van der Waals surface area contributed by atoms with E-state index in [2.05, 4.69) is 25.6 Å². The van der Waals surface area contributed by atoms with Crippen LogP contribution in [-0.4, -0.2) is 34.9 Å². The molecule has 0 atom stereocenters. The monoisotopic (exact) mass is 408 g/mol. The zero-order chi connectivity index (χ0) is 20.5. The minimum atomic E-state index is -0.418. The van der Waals surface area contributed by atoms with E-state index in [0.29, 0.717) is 28.6 Å². The molecule has 0 fully saturated rings. The fourth-order valence-corrected chi connectivity index (χ4v) is 3.04. The summed E-state index contributed by atoms with van der Waals surface area (Å²) in [5, 5.41) is 14.9. The van der Waals surface area contributed by atoms with Gasteiger partial charge in [-0.25, -0.2) is 4.79 Å². The van der Waals surface area contributed by atoms with Crippen molar-refractivity contribution in [3.05, 3.63) is 77.9 Å². The lowest BCUT2D eigenvalue weighted by molar-refractivity contribution is -0.113. The van der Waals surface area contributed by atoms with Gasteiger partial charge in [-0.2, -0.15) is 0 Å². The molecule has 3 aromatic rings. The first-order valence-electron chi connectivity index (χ1n) is 8.86. The molecule has 8 heteroatoms. The van der Waals surface area contributed by atoms with E-state index in [9.17, 15) is 9.59 Å². The van der Waals surface area contributed by atoms with E-state index in [1.165, 1.54) is 18.9 Å². The van der Waals surface area contributed by atoms with Crippen molar-refractivity contribution in [3.63, 3.8) is 0 Å². The molecule has 3 rings (SSSR count). The summed E-state index contributed by atoms with van der Waals surface area (Å²) < 4.78 is 4.64. The maximum atomic E-state index is 12.1. The van der Waals surface area contributed by atoms with Crippen LogP contribution >= 0.6 is 11.8 Å². The van der Waals surface area contributed by atoms with Crippen molar-refractivity contribution < 1.29 is 14.3 Å². The van der Waals surface area contributed by atoms with Crippen LogP contribution in [0.3, 0.4) is 0 Å². The highest BCUT2D eigenvalue weighted by Crippen LogP contribution is 2.17. The molecule has 0 aliphatic carbocycles. The molecule has 0 bridgehead atoms. The summed E-state index contributed by atoms with van der Waals surface area (Å²) in [6, 6.07) is 20.2. The van der Waals surface area contributed by atoms with Crippen molar-refractivity contribution in [2.75, 3.05) is 23.5 Å². The van der Waals surface area contributed by atoms with E-state index in [-0.39, 0.29) is 11.7 Å². The van der Waals surface area contributed by atoms with Gasteiger partial charge in [0.25, 0.3) is 0 Å². The number of hydrogen-bond acceptors (Lipinski definition) is 7. The molecule has 0 saturated carbocycles. The third-order valence-corrected chi connectivity index (χ3v) is 4.82. The van der Waals surface area contributed by atoms with Gasteiger partial charge < -0.3 is 15.4 Å². The normalized spacial score (nSPS) is 10.2. The largest absolute Gasteiger partial charge is 0.465 e. The molecule has 0 saturated heterocycles. The van der Waals surface area contributed by atoms with E-state index >= 15 is 0 Å². The minimum Gasteiger partial charge on any atom is -0.465 e. The summed E-state index contributed by atoms with van der Waals surface area (Å²) in [4.78, 5) is 23.5. The van der Waals surface area contributed by atoms with Crippen LogP contribution in [-0.2, 0) is 16.1 Å². The van der Waals surface area contributed by atoms with Crippen molar-refractivity contribution in [2.45, 2.75) is 11.6 Å². The number of nitrogens with zero attached hydrogens (tertiary/aromatic N) is 2. The van der Waals surface area contributed by atoms with Gasteiger partial charge in [-0.05, 0) is 42.0 Å². The number of rotatable bonds is 8. The van der Waals surface area contributed by atoms with Crippen LogP contribution in [0.25, 0.3) is 0 Å². The lowest BCUT2D eigenvalue weighted by Gasteiger charge is -2.07. The second-order valence-electron chi connectivity index (χ2n) is 6.00. The molecule has 7 nitrogen and oxygen atoms in total. The predicted molar refractivity (Wildman–Crippen MR) is 113 cm³/mol. The first-order chi connectivity index (χ1) is 14.1. The van der Waals surface area contributed by atoms with Gasteiger partial charge in [-0.15, -0.1) is 10.2 Å². The van der Waals surface area contributed by atoms with Gasteiger partial charge in [0.1, 0.15) is 10.8 Å². The van der Waals surface area contributed by atoms with E-state index in [1.807, 2.05) is 42.5 Å². The highest BCUT2D eigenvalue weighted by molar-refractivity contribution is 7.99. The molecule has 1 amide bonds. The van der Waals surface area contributed by atoms with Gasteiger partial charge in [-0.3, -0.25) is 4.79 Å². The lowest BCUT2D eigenvalue weighted by atomic mass is 10.2. The van der Waals surface area contributed by atoms with Crippen LogP contribution in [0.4, 0.5) is 11.5 Å². The molecular weight excluding hydrogens is 388 g/mol. The molecule has 29 heavy (non-hydrogen) atoms. The van der Waals surface area contributed by atoms with Crippen molar-refractivity contribution in [1.29, 1.82) is 0 Å². The number of carbonyl (C=O) groups is 2. The van der Waals surface area contributed by atoms with Crippen molar-refractivity contribution in [1.82, 2.24) is 10.2 Å². The Balaban J connectivity index is 1.44. The number of carbonyl (C=O) groups excluding carboxylic acids is 2. The lowest BCUT2D eigenvalue weighted by Crippen LogP contribution is -2.14. The van der Waals surface area contributed by atoms with Gasteiger partial charge in [0, 0.05) is 12.2 Å². The summed E-state index contributed by atoms with van der Waals surface area (Å²) in [6.07, 6.45) is 0. The predicted octanol–water partition coefficient (Wildman–Crippen LogP) is 3.61. The SMILES string of the molecule is COC(=O)c1ccc(NC(=O)CSc2ccc(NCc3ccccc3)nn2)cc1. The Morgan fingerprint density at radius 2 is 1.72 bits per heavy atom. The van der Waals surface area contributed by atoms with E-state index in [4.69, 9.17) is 0 Å². The molecule has 0 radical (unpaired) electrons. The number of aromatic nitrogens is 2. The molecule has 148 valence electrons. The highest BCUT2D eigenvalue weighted by atomic mass is 32.2. The number of amides is 1.